The predicted octanol–water partition coefficient (Wildman–Crippen LogP) is 2.89. The lowest BCUT2D eigenvalue weighted by atomic mass is 9.76. The molecule has 2 nitrogen and oxygen atoms in total. The van der Waals surface area contributed by atoms with Crippen molar-refractivity contribution in [2.45, 2.75) is 45.8 Å². The number of hydrogen-bond donors (Lipinski definition) is 0. The van der Waals surface area contributed by atoms with Crippen molar-refractivity contribution in [3.63, 3.8) is 0 Å². The minimum atomic E-state index is 0.0372. The van der Waals surface area contributed by atoms with Gasteiger partial charge < -0.3 is 9.47 Å². The predicted molar refractivity (Wildman–Crippen MR) is 56.0 cm³/mol. The molecule has 1 saturated heterocycles. The summed E-state index contributed by atoms with van der Waals surface area (Å²) >= 11 is 0. The van der Waals surface area contributed by atoms with E-state index >= 15 is 0 Å². The zero-order valence-corrected chi connectivity index (χ0v) is 9.21. The minimum Gasteiger partial charge on any atom is -0.350 e. The van der Waals surface area contributed by atoms with Gasteiger partial charge in [0.2, 0.25) is 0 Å². The summed E-state index contributed by atoms with van der Waals surface area (Å²) in [6.45, 7) is 6.22. The van der Waals surface area contributed by atoms with Gasteiger partial charge in [-0.05, 0) is 24.7 Å². The van der Waals surface area contributed by atoms with Crippen LogP contribution in [0.4, 0.5) is 0 Å². The topological polar surface area (TPSA) is 18.5 Å². The molecular formula is C12H20O2. The third-order valence-corrected chi connectivity index (χ3v) is 3.08. The quantitative estimate of drug-likeness (QED) is 0.632. The molecule has 0 aromatic rings. The fraction of sp³-hybridized carbons (Fsp3) is 0.833. The van der Waals surface area contributed by atoms with E-state index < -0.39 is 0 Å². The van der Waals surface area contributed by atoms with E-state index in [2.05, 4.69) is 19.9 Å². The summed E-state index contributed by atoms with van der Waals surface area (Å²) in [5.41, 5.74) is 2.00. The molecule has 0 spiro atoms. The highest BCUT2D eigenvalue weighted by Gasteiger charge is 2.25. The molecule has 0 saturated carbocycles. The normalized spacial score (nSPS) is 27.7. The number of allylic oxidation sites excluding steroid dienone is 1. The standard InChI is InChI=1S/C12H20O2/c1-12(2)5-3-4-10(9-12)8-11-13-6-7-14-11/h4,11H,3,5-9H2,1-2H3. The van der Waals surface area contributed by atoms with Crippen molar-refractivity contribution in [1.82, 2.24) is 0 Å². The number of hydrogen-bond acceptors (Lipinski definition) is 2. The highest BCUT2D eigenvalue weighted by molar-refractivity contribution is 5.09. The Morgan fingerprint density at radius 1 is 1.36 bits per heavy atom. The van der Waals surface area contributed by atoms with Crippen molar-refractivity contribution in [2.24, 2.45) is 5.41 Å². The van der Waals surface area contributed by atoms with Crippen LogP contribution in [0, 0.1) is 5.41 Å². The molecule has 0 radical (unpaired) electrons. The molecule has 1 fully saturated rings. The van der Waals surface area contributed by atoms with Crippen LogP contribution < -0.4 is 0 Å². The fourth-order valence-electron chi connectivity index (χ4n) is 2.34. The van der Waals surface area contributed by atoms with E-state index in [9.17, 15) is 0 Å². The molecule has 2 aliphatic rings. The first kappa shape index (κ1) is 10.2. The van der Waals surface area contributed by atoms with Crippen LogP contribution in [0.25, 0.3) is 0 Å². The molecule has 0 aromatic carbocycles. The van der Waals surface area contributed by atoms with Gasteiger partial charge in [0.05, 0.1) is 13.2 Å². The van der Waals surface area contributed by atoms with Gasteiger partial charge in [-0.2, -0.15) is 0 Å². The first-order chi connectivity index (χ1) is 6.66. The van der Waals surface area contributed by atoms with E-state index in [0.29, 0.717) is 5.41 Å². The molecule has 2 heteroatoms. The van der Waals surface area contributed by atoms with Crippen molar-refractivity contribution in [2.75, 3.05) is 13.2 Å². The molecule has 80 valence electrons. The molecule has 0 amide bonds. The molecule has 1 aliphatic carbocycles. The highest BCUT2D eigenvalue weighted by atomic mass is 16.7. The van der Waals surface area contributed by atoms with Gasteiger partial charge >= 0.3 is 0 Å². The molecule has 2 rings (SSSR count). The monoisotopic (exact) mass is 196 g/mol. The van der Waals surface area contributed by atoms with Crippen LogP contribution in [0.5, 0.6) is 0 Å². The van der Waals surface area contributed by atoms with Gasteiger partial charge in [-0.15, -0.1) is 0 Å². The smallest absolute Gasteiger partial charge is 0.161 e. The van der Waals surface area contributed by atoms with Crippen molar-refractivity contribution in [1.29, 1.82) is 0 Å². The maximum absolute atomic E-state index is 5.46. The van der Waals surface area contributed by atoms with E-state index in [1.54, 1.807) is 0 Å². The largest absolute Gasteiger partial charge is 0.350 e. The summed E-state index contributed by atoms with van der Waals surface area (Å²) < 4.78 is 10.9. The zero-order valence-electron chi connectivity index (χ0n) is 9.21. The molecule has 0 unspecified atom stereocenters. The van der Waals surface area contributed by atoms with Gasteiger partial charge in [0.25, 0.3) is 0 Å². The maximum Gasteiger partial charge on any atom is 0.161 e. The van der Waals surface area contributed by atoms with Gasteiger partial charge in [0, 0.05) is 6.42 Å². The number of ether oxygens (including phenoxy) is 2. The molecule has 1 aliphatic heterocycles. The summed E-state index contributed by atoms with van der Waals surface area (Å²) in [5, 5.41) is 0. The molecular weight excluding hydrogens is 176 g/mol. The lowest BCUT2D eigenvalue weighted by Crippen LogP contribution is -2.18. The van der Waals surface area contributed by atoms with E-state index in [1.165, 1.54) is 24.8 Å². The van der Waals surface area contributed by atoms with Crippen molar-refractivity contribution >= 4 is 0 Å². The average molecular weight is 196 g/mol. The second-order valence-electron chi connectivity index (χ2n) is 5.12. The van der Waals surface area contributed by atoms with Crippen molar-refractivity contribution in [3.8, 4) is 0 Å². The van der Waals surface area contributed by atoms with E-state index in [0.717, 1.165) is 19.6 Å². The Hall–Kier alpha value is -0.340. The van der Waals surface area contributed by atoms with Crippen LogP contribution in [-0.2, 0) is 9.47 Å². The number of rotatable bonds is 2. The maximum atomic E-state index is 5.46. The van der Waals surface area contributed by atoms with E-state index in [-0.39, 0.29) is 6.29 Å². The van der Waals surface area contributed by atoms with Crippen molar-refractivity contribution in [3.05, 3.63) is 11.6 Å². The lowest BCUT2D eigenvalue weighted by molar-refractivity contribution is -0.0412. The van der Waals surface area contributed by atoms with Crippen LogP contribution in [0.15, 0.2) is 11.6 Å². The van der Waals surface area contributed by atoms with E-state index in [1.807, 2.05) is 0 Å². The first-order valence-corrected chi connectivity index (χ1v) is 5.57. The van der Waals surface area contributed by atoms with Crippen molar-refractivity contribution < 1.29 is 9.47 Å². The second-order valence-corrected chi connectivity index (χ2v) is 5.12. The summed E-state index contributed by atoms with van der Waals surface area (Å²) in [7, 11) is 0. The fourth-order valence-corrected chi connectivity index (χ4v) is 2.34. The molecule has 14 heavy (non-hydrogen) atoms. The Balaban J connectivity index is 1.88. The average Bonchev–Trinajstić information content (AvgIpc) is 2.54. The minimum absolute atomic E-state index is 0.0372. The van der Waals surface area contributed by atoms with Crippen LogP contribution in [0.2, 0.25) is 0 Å². The molecule has 0 bridgehead atoms. The highest BCUT2D eigenvalue weighted by Crippen LogP contribution is 2.37. The zero-order chi connectivity index (χ0) is 10.0. The lowest BCUT2D eigenvalue weighted by Gasteiger charge is -2.30. The third-order valence-electron chi connectivity index (χ3n) is 3.08. The third kappa shape index (κ3) is 2.58. The Labute approximate surface area is 86.3 Å². The Kier molecular flexibility index (Phi) is 2.93. The van der Waals surface area contributed by atoms with Gasteiger partial charge in [0.1, 0.15) is 0 Å². The van der Waals surface area contributed by atoms with Crippen LogP contribution in [0.3, 0.4) is 0 Å². The Morgan fingerprint density at radius 2 is 2.07 bits per heavy atom. The van der Waals surface area contributed by atoms with Crippen LogP contribution >= 0.6 is 0 Å². The molecule has 1 heterocycles. The Morgan fingerprint density at radius 3 is 2.71 bits per heavy atom. The molecule has 0 aromatic heterocycles. The van der Waals surface area contributed by atoms with Crippen LogP contribution in [0.1, 0.15) is 39.5 Å². The van der Waals surface area contributed by atoms with Crippen LogP contribution in [-0.4, -0.2) is 19.5 Å². The summed E-state index contributed by atoms with van der Waals surface area (Å²) in [6, 6.07) is 0. The SMILES string of the molecule is CC1(C)CCC=C(CC2OCCO2)C1. The van der Waals surface area contributed by atoms with E-state index in [4.69, 9.17) is 9.47 Å². The summed E-state index contributed by atoms with van der Waals surface area (Å²) in [6.07, 6.45) is 7.11. The summed E-state index contributed by atoms with van der Waals surface area (Å²) in [5.74, 6) is 0. The molecule has 0 N–H and O–H groups in total. The van der Waals surface area contributed by atoms with Gasteiger partial charge in [-0.1, -0.05) is 25.5 Å². The van der Waals surface area contributed by atoms with Gasteiger partial charge in [-0.25, -0.2) is 0 Å². The first-order valence-electron chi connectivity index (χ1n) is 5.57. The van der Waals surface area contributed by atoms with Gasteiger partial charge in [-0.3, -0.25) is 0 Å². The second kappa shape index (κ2) is 4.03. The molecule has 0 atom stereocenters. The van der Waals surface area contributed by atoms with Gasteiger partial charge in [0.15, 0.2) is 6.29 Å². The Bertz CT molecular complexity index is 224. The summed E-state index contributed by atoms with van der Waals surface area (Å²) in [4.78, 5) is 0.